The van der Waals surface area contributed by atoms with Gasteiger partial charge in [-0.2, -0.15) is 0 Å². The van der Waals surface area contributed by atoms with Crippen LogP contribution in [0, 0.1) is 0 Å². The van der Waals surface area contributed by atoms with Crippen molar-refractivity contribution in [3.05, 3.63) is 0 Å². The fourth-order valence-electron chi connectivity index (χ4n) is 3.77. The van der Waals surface area contributed by atoms with Crippen molar-refractivity contribution in [2.45, 2.75) is 65.2 Å². The SMILES string of the molecule is CCCCOCCOCCOCCOCCOCCOC(=O)CCCOCCCC(=O)OCCOCCOCCOCCOCCOCCCC. The van der Waals surface area contributed by atoms with Crippen molar-refractivity contribution in [1.29, 1.82) is 0 Å². The number of hydrogen-bond donors (Lipinski definition) is 0. The molecule has 0 aromatic rings. The molecule has 0 unspecified atom stereocenters. The smallest absolute Gasteiger partial charge is 0.305 e. The van der Waals surface area contributed by atoms with Crippen LogP contribution in [0.1, 0.15) is 65.2 Å². The first-order valence-corrected chi connectivity index (χ1v) is 18.9. The fraction of sp³-hybridized carbons (Fsp3) is 0.944. The number of ether oxygens (including phenoxy) is 13. The van der Waals surface area contributed by atoms with Gasteiger partial charge in [0.15, 0.2) is 0 Å². The van der Waals surface area contributed by atoms with E-state index in [9.17, 15) is 9.59 Å². The molecule has 0 aliphatic rings. The molecule has 0 bridgehead atoms. The Bertz CT molecular complexity index is 646. The van der Waals surface area contributed by atoms with Crippen LogP contribution in [0.4, 0.5) is 0 Å². The van der Waals surface area contributed by atoms with Crippen molar-refractivity contribution in [1.82, 2.24) is 0 Å². The van der Waals surface area contributed by atoms with E-state index in [0.29, 0.717) is 145 Å². The molecule has 0 aliphatic heterocycles. The molecule has 0 fully saturated rings. The largest absolute Gasteiger partial charge is 0.463 e. The quantitative estimate of drug-likeness (QED) is 0.0661. The highest BCUT2D eigenvalue weighted by Gasteiger charge is 2.05. The first kappa shape index (κ1) is 49.5. The Morgan fingerprint density at radius 1 is 0.275 bits per heavy atom. The first-order chi connectivity index (χ1) is 25.2. The second kappa shape index (κ2) is 44.7. The van der Waals surface area contributed by atoms with E-state index in [1.165, 1.54) is 0 Å². The second-order valence-corrected chi connectivity index (χ2v) is 11.1. The van der Waals surface area contributed by atoms with Crippen molar-refractivity contribution >= 4 is 11.9 Å². The summed E-state index contributed by atoms with van der Waals surface area (Å²) in [4.78, 5) is 23.6. The maximum Gasteiger partial charge on any atom is 0.305 e. The van der Waals surface area contributed by atoms with Gasteiger partial charge in [-0.3, -0.25) is 9.59 Å². The molecule has 0 aromatic heterocycles. The van der Waals surface area contributed by atoms with Crippen molar-refractivity contribution in [2.24, 2.45) is 0 Å². The van der Waals surface area contributed by atoms with E-state index in [2.05, 4.69) is 13.8 Å². The Kier molecular flexibility index (Phi) is 43.3. The normalized spacial score (nSPS) is 11.3. The lowest BCUT2D eigenvalue weighted by atomic mass is 10.3. The standard InChI is InChI=1S/C36H70O15/c1-3-5-11-40-15-17-42-19-21-44-23-25-46-27-29-48-31-33-50-35(37)9-7-13-39-14-8-10-36(38)51-34-32-49-30-28-47-26-24-45-22-20-43-18-16-41-12-6-4-2/h3-34H2,1-2H3. The van der Waals surface area contributed by atoms with E-state index in [-0.39, 0.29) is 38.0 Å². The van der Waals surface area contributed by atoms with Gasteiger partial charge in [0.05, 0.1) is 119 Å². The third-order valence-corrected chi connectivity index (χ3v) is 6.58. The highest BCUT2D eigenvalue weighted by Crippen LogP contribution is 1.98. The molecule has 0 spiro atoms. The predicted molar refractivity (Wildman–Crippen MR) is 189 cm³/mol. The summed E-state index contributed by atoms with van der Waals surface area (Å²) in [7, 11) is 0. The molecule has 0 saturated heterocycles. The predicted octanol–water partition coefficient (Wildman–Crippen LogP) is 3.42. The maximum absolute atomic E-state index is 11.8. The van der Waals surface area contributed by atoms with Gasteiger partial charge >= 0.3 is 11.9 Å². The van der Waals surface area contributed by atoms with E-state index < -0.39 is 0 Å². The van der Waals surface area contributed by atoms with E-state index in [1.807, 2.05) is 0 Å². The van der Waals surface area contributed by atoms with Crippen LogP contribution in [0.5, 0.6) is 0 Å². The molecule has 15 nitrogen and oxygen atoms in total. The molecule has 0 aromatic carbocycles. The lowest BCUT2D eigenvalue weighted by molar-refractivity contribution is -0.146. The molecule has 0 saturated carbocycles. The van der Waals surface area contributed by atoms with Gasteiger partial charge in [-0.1, -0.05) is 26.7 Å². The lowest BCUT2D eigenvalue weighted by Crippen LogP contribution is -2.15. The van der Waals surface area contributed by atoms with Crippen molar-refractivity contribution in [2.75, 3.05) is 159 Å². The van der Waals surface area contributed by atoms with Crippen molar-refractivity contribution in [3.8, 4) is 0 Å². The Hall–Kier alpha value is -1.50. The summed E-state index contributed by atoms with van der Waals surface area (Å²) < 4.78 is 70.0. The summed E-state index contributed by atoms with van der Waals surface area (Å²) in [5.74, 6) is -0.599. The molecular formula is C36H70O15. The Balaban J connectivity index is 3.23. The van der Waals surface area contributed by atoms with Gasteiger partial charge in [0, 0.05) is 39.3 Å². The molecule has 0 radical (unpaired) electrons. The van der Waals surface area contributed by atoms with Gasteiger partial charge in [-0.05, 0) is 25.7 Å². The molecule has 15 heteroatoms. The summed E-state index contributed by atoms with van der Waals surface area (Å²) >= 11 is 0. The minimum absolute atomic E-state index is 0.190. The average molecular weight is 743 g/mol. The highest BCUT2D eigenvalue weighted by atomic mass is 16.6. The van der Waals surface area contributed by atoms with Gasteiger partial charge in [0.25, 0.3) is 0 Å². The number of carbonyl (C=O) groups excluding carboxylic acids is 2. The van der Waals surface area contributed by atoms with Crippen LogP contribution in [0.3, 0.4) is 0 Å². The van der Waals surface area contributed by atoms with Gasteiger partial charge < -0.3 is 61.6 Å². The number of esters is 2. The maximum atomic E-state index is 11.8. The van der Waals surface area contributed by atoms with Crippen molar-refractivity contribution < 1.29 is 71.2 Å². The second-order valence-electron chi connectivity index (χ2n) is 11.1. The van der Waals surface area contributed by atoms with Crippen LogP contribution in [0.2, 0.25) is 0 Å². The highest BCUT2D eigenvalue weighted by molar-refractivity contribution is 5.69. The summed E-state index contributed by atoms with van der Waals surface area (Å²) in [5, 5.41) is 0. The first-order valence-electron chi connectivity index (χ1n) is 18.9. The molecule has 0 rings (SSSR count). The molecule has 0 aliphatic carbocycles. The summed E-state index contributed by atoms with van der Waals surface area (Å²) in [6, 6.07) is 0. The van der Waals surface area contributed by atoms with E-state index in [1.54, 1.807) is 0 Å². The molecular weight excluding hydrogens is 672 g/mol. The van der Waals surface area contributed by atoms with Gasteiger partial charge in [0.2, 0.25) is 0 Å². The monoisotopic (exact) mass is 742 g/mol. The van der Waals surface area contributed by atoms with E-state index in [0.717, 1.165) is 38.9 Å². The van der Waals surface area contributed by atoms with E-state index in [4.69, 9.17) is 61.6 Å². The fourth-order valence-corrected chi connectivity index (χ4v) is 3.77. The Labute approximate surface area is 306 Å². The number of rotatable bonds is 44. The van der Waals surface area contributed by atoms with E-state index >= 15 is 0 Å². The van der Waals surface area contributed by atoms with Crippen LogP contribution in [-0.2, 0) is 71.2 Å². The third-order valence-electron chi connectivity index (χ3n) is 6.58. The van der Waals surface area contributed by atoms with Gasteiger partial charge in [0.1, 0.15) is 13.2 Å². The molecule has 304 valence electrons. The lowest BCUT2D eigenvalue weighted by Gasteiger charge is -2.09. The van der Waals surface area contributed by atoms with Crippen LogP contribution in [-0.4, -0.2) is 171 Å². The molecule has 0 N–H and O–H groups in total. The Morgan fingerprint density at radius 2 is 0.471 bits per heavy atom. The van der Waals surface area contributed by atoms with Crippen LogP contribution >= 0.6 is 0 Å². The molecule has 0 amide bonds. The Morgan fingerprint density at radius 3 is 0.725 bits per heavy atom. The van der Waals surface area contributed by atoms with Crippen molar-refractivity contribution in [3.63, 3.8) is 0 Å². The molecule has 51 heavy (non-hydrogen) atoms. The number of unbranched alkanes of at least 4 members (excludes halogenated alkanes) is 2. The number of carbonyl (C=O) groups is 2. The van der Waals surface area contributed by atoms with Gasteiger partial charge in [-0.25, -0.2) is 0 Å². The molecule has 0 heterocycles. The minimum Gasteiger partial charge on any atom is -0.463 e. The summed E-state index contributed by atoms with van der Waals surface area (Å²) in [5.41, 5.74) is 0. The summed E-state index contributed by atoms with van der Waals surface area (Å²) in [6.07, 6.45) is 6.01. The van der Waals surface area contributed by atoms with Gasteiger partial charge in [-0.15, -0.1) is 0 Å². The number of hydrogen-bond acceptors (Lipinski definition) is 15. The average Bonchev–Trinajstić information content (AvgIpc) is 3.13. The zero-order chi connectivity index (χ0) is 37.0. The van der Waals surface area contributed by atoms with Crippen LogP contribution in [0.15, 0.2) is 0 Å². The topological polar surface area (TPSA) is 154 Å². The van der Waals surface area contributed by atoms with Crippen LogP contribution in [0.25, 0.3) is 0 Å². The van der Waals surface area contributed by atoms with Crippen LogP contribution < -0.4 is 0 Å². The summed E-state index contributed by atoms with van der Waals surface area (Å²) in [6.45, 7) is 15.8. The molecule has 0 atom stereocenters. The minimum atomic E-state index is -0.300. The zero-order valence-electron chi connectivity index (χ0n) is 31.8. The third kappa shape index (κ3) is 44.6. The zero-order valence-corrected chi connectivity index (χ0v) is 31.8.